The van der Waals surface area contributed by atoms with Gasteiger partial charge in [0.15, 0.2) is 0 Å². The van der Waals surface area contributed by atoms with Gasteiger partial charge in [-0.1, -0.05) is 0 Å². The van der Waals surface area contributed by atoms with Crippen molar-refractivity contribution in [1.82, 2.24) is 4.83 Å². The molecule has 0 spiro atoms. The van der Waals surface area contributed by atoms with E-state index in [9.17, 15) is 12.8 Å². The number of nitrogens with one attached hydrogen (secondary N) is 1. The first-order valence-corrected chi connectivity index (χ1v) is 10.2. The Bertz CT molecular complexity index is 897. The highest BCUT2D eigenvalue weighted by atomic mass is 32.2. The van der Waals surface area contributed by atoms with Gasteiger partial charge in [-0.25, -0.2) is 4.39 Å². The summed E-state index contributed by atoms with van der Waals surface area (Å²) in [5.41, 5.74) is 1.16. The maximum atomic E-state index is 13.5. The van der Waals surface area contributed by atoms with Crippen molar-refractivity contribution in [2.45, 2.75) is 23.1 Å². The minimum atomic E-state index is -3.80. The molecule has 2 aromatic carbocycles. The highest BCUT2D eigenvalue weighted by molar-refractivity contribution is 7.99. The lowest BCUT2D eigenvalue weighted by atomic mass is 10.1. The summed E-state index contributed by atoms with van der Waals surface area (Å²) >= 11 is 1.60. The summed E-state index contributed by atoms with van der Waals surface area (Å²) in [6.45, 7) is 2.36. The van der Waals surface area contributed by atoms with E-state index in [0.717, 1.165) is 10.6 Å². The molecule has 5 nitrogen and oxygen atoms in total. The molecule has 8 heteroatoms. The largest absolute Gasteiger partial charge is 0.494 e. The molecule has 0 saturated carbocycles. The molecule has 0 bridgehead atoms. The quantitative estimate of drug-likeness (QED) is 0.808. The lowest BCUT2D eigenvalue weighted by molar-refractivity contribution is 0.340. The molecule has 132 valence electrons. The van der Waals surface area contributed by atoms with Crippen LogP contribution < -0.4 is 9.57 Å². The zero-order valence-electron chi connectivity index (χ0n) is 13.5. The standard InChI is InChI=1S/C17H17FN2O3S2/c1-2-23-13-4-6-14(7-5-13)25(21,22)20-19-16-9-10-24-17-8-3-12(18)11-15(16)17/h3-8,11,20H,2,9-10H2,1H3. The van der Waals surface area contributed by atoms with E-state index < -0.39 is 10.0 Å². The highest BCUT2D eigenvalue weighted by Gasteiger charge is 2.19. The Hall–Kier alpha value is -2.06. The molecule has 0 unspecified atom stereocenters. The normalized spacial score (nSPS) is 15.7. The van der Waals surface area contributed by atoms with E-state index in [1.54, 1.807) is 30.0 Å². The van der Waals surface area contributed by atoms with Gasteiger partial charge in [0.05, 0.1) is 17.2 Å². The highest BCUT2D eigenvalue weighted by Crippen LogP contribution is 2.30. The first-order chi connectivity index (χ1) is 12.0. The van der Waals surface area contributed by atoms with E-state index in [2.05, 4.69) is 9.93 Å². The molecule has 0 radical (unpaired) electrons. The van der Waals surface area contributed by atoms with Gasteiger partial charge in [-0.05, 0) is 49.4 Å². The van der Waals surface area contributed by atoms with Crippen LogP contribution in [-0.4, -0.2) is 26.5 Å². The average Bonchev–Trinajstić information content (AvgIpc) is 2.61. The lowest BCUT2D eigenvalue weighted by Gasteiger charge is -2.17. The number of halogens is 1. The van der Waals surface area contributed by atoms with Crippen molar-refractivity contribution < 1.29 is 17.5 Å². The molecule has 1 aliphatic rings. The van der Waals surface area contributed by atoms with Crippen LogP contribution in [0.5, 0.6) is 5.75 Å². The van der Waals surface area contributed by atoms with Crippen molar-refractivity contribution in [3.05, 3.63) is 53.8 Å². The molecule has 0 fully saturated rings. The fourth-order valence-corrected chi connectivity index (χ4v) is 4.25. The predicted octanol–water partition coefficient (Wildman–Crippen LogP) is 3.40. The van der Waals surface area contributed by atoms with Gasteiger partial charge in [-0.15, -0.1) is 11.8 Å². The summed E-state index contributed by atoms with van der Waals surface area (Å²) in [4.78, 5) is 3.23. The summed E-state index contributed by atoms with van der Waals surface area (Å²) in [5.74, 6) is 0.993. The first-order valence-electron chi connectivity index (χ1n) is 7.73. The Labute approximate surface area is 150 Å². The number of thioether (sulfide) groups is 1. The van der Waals surface area contributed by atoms with E-state index >= 15 is 0 Å². The second-order valence-corrected chi connectivity index (χ2v) is 8.09. The third-order valence-electron chi connectivity index (χ3n) is 3.59. The van der Waals surface area contributed by atoms with E-state index in [1.807, 2.05) is 6.92 Å². The lowest BCUT2D eigenvalue weighted by Crippen LogP contribution is -2.22. The van der Waals surface area contributed by atoms with Crippen LogP contribution in [0.1, 0.15) is 18.9 Å². The molecule has 25 heavy (non-hydrogen) atoms. The fraction of sp³-hybridized carbons (Fsp3) is 0.235. The molecule has 0 aromatic heterocycles. The van der Waals surface area contributed by atoms with Gasteiger partial charge in [-0.3, -0.25) is 0 Å². The number of ether oxygens (including phenoxy) is 1. The van der Waals surface area contributed by atoms with Crippen molar-refractivity contribution in [2.24, 2.45) is 5.10 Å². The third-order valence-corrected chi connectivity index (χ3v) is 5.89. The number of nitrogens with zero attached hydrogens (tertiary/aromatic N) is 1. The fourth-order valence-electron chi connectivity index (χ4n) is 2.41. The van der Waals surface area contributed by atoms with Crippen molar-refractivity contribution >= 4 is 27.5 Å². The predicted molar refractivity (Wildman–Crippen MR) is 96.2 cm³/mol. The van der Waals surface area contributed by atoms with Crippen LogP contribution >= 0.6 is 11.8 Å². The number of sulfonamides is 1. The van der Waals surface area contributed by atoms with E-state index in [-0.39, 0.29) is 10.7 Å². The summed E-state index contributed by atoms with van der Waals surface area (Å²) in [6, 6.07) is 10.5. The minimum absolute atomic E-state index is 0.0879. The number of fused-ring (bicyclic) bond motifs is 1. The molecule has 3 rings (SSSR count). The van der Waals surface area contributed by atoms with E-state index in [1.165, 1.54) is 24.3 Å². The van der Waals surface area contributed by atoms with Gasteiger partial charge in [0.25, 0.3) is 10.0 Å². The first kappa shape index (κ1) is 17.8. The second kappa shape index (κ2) is 7.45. The van der Waals surface area contributed by atoms with Crippen LogP contribution in [-0.2, 0) is 10.0 Å². The van der Waals surface area contributed by atoms with Crippen LogP contribution in [0.2, 0.25) is 0 Å². The number of rotatable bonds is 5. The Morgan fingerprint density at radius 2 is 2.00 bits per heavy atom. The number of hydrazone groups is 1. The maximum absolute atomic E-state index is 13.5. The number of hydrogen-bond acceptors (Lipinski definition) is 5. The molecular formula is C17H17FN2O3S2. The van der Waals surface area contributed by atoms with Gasteiger partial charge < -0.3 is 4.74 Å². The Balaban J connectivity index is 1.83. The smallest absolute Gasteiger partial charge is 0.276 e. The zero-order valence-corrected chi connectivity index (χ0v) is 15.2. The number of benzene rings is 2. The Kier molecular flexibility index (Phi) is 5.29. The van der Waals surface area contributed by atoms with Gasteiger partial charge in [0.2, 0.25) is 0 Å². The van der Waals surface area contributed by atoms with Gasteiger partial charge in [-0.2, -0.15) is 18.4 Å². The Morgan fingerprint density at radius 3 is 2.72 bits per heavy atom. The van der Waals surface area contributed by atoms with Crippen molar-refractivity contribution in [3.8, 4) is 5.75 Å². The summed E-state index contributed by atoms with van der Waals surface area (Å²) < 4.78 is 43.6. The summed E-state index contributed by atoms with van der Waals surface area (Å²) in [7, 11) is -3.80. The molecule has 1 aliphatic heterocycles. The van der Waals surface area contributed by atoms with Crippen LogP contribution in [0.3, 0.4) is 0 Å². The van der Waals surface area contributed by atoms with Crippen LogP contribution in [0.25, 0.3) is 0 Å². The molecule has 2 aromatic rings. The van der Waals surface area contributed by atoms with Crippen molar-refractivity contribution in [2.75, 3.05) is 12.4 Å². The van der Waals surface area contributed by atoms with Crippen LogP contribution in [0, 0.1) is 5.82 Å². The van der Waals surface area contributed by atoms with E-state index in [4.69, 9.17) is 4.74 Å². The third kappa shape index (κ3) is 4.13. The average molecular weight is 380 g/mol. The monoisotopic (exact) mass is 380 g/mol. The van der Waals surface area contributed by atoms with Gasteiger partial charge in [0.1, 0.15) is 11.6 Å². The second-order valence-electron chi connectivity index (χ2n) is 5.30. The summed E-state index contributed by atoms with van der Waals surface area (Å²) in [6.07, 6.45) is 0.562. The van der Waals surface area contributed by atoms with Crippen molar-refractivity contribution in [1.29, 1.82) is 0 Å². The molecule has 0 amide bonds. The molecular weight excluding hydrogens is 363 g/mol. The van der Waals surface area contributed by atoms with Gasteiger partial charge >= 0.3 is 0 Å². The Morgan fingerprint density at radius 1 is 1.24 bits per heavy atom. The van der Waals surface area contributed by atoms with Crippen molar-refractivity contribution in [3.63, 3.8) is 0 Å². The molecule has 1 N–H and O–H groups in total. The number of hydrogen-bond donors (Lipinski definition) is 1. The zero-order chi connectivity index (χ0) is 17.9. The van der Waals surface area contributed by atoms with Crippen LogP contribution in [0.15, 0.2) is 57.4 Å². The SMILES string of the molecule is CCOc1ccc(S(=O)(=O)NN=C2CCSc3ccc(F)cc32)cc1. The summed E-state index contributed by atoms with van der Waals surface area (Å²) in [5, 5.41) is 4.04. The molecule has 0 atom stereocenters. The van der Waals surface area contributed by atoms with E-state index in [0.29, 0.717) is 30.1 Å². The topological polar surface area (TPSA) is 67.8 Å². The molecule has 0 aliphatic carbocycles. The van der Waals surface area contributed by atoms with Gasteiger partial charge in [0, 0.05) is 22.6 Å². The van der Waals surface area contributed by atoms with Crippen LogP contribution in [0.4, 0.5) is 4.39 Å². The maximum Gasteiger partial charge on any atom is 0.276 e. The minimum Gasteiger partial charge on any atom is -0.494 e. The molecule has 1 heterocycles. The molecule has 0 saturated heterocycles.